The molecule has 23 heavy (non-hydrogen) atoms. The normalized spacial score (nSPS) is 13.8. The quantitative estimate of drug-likeness (QED) is 0.226. The number of carbonyl (C=O) groups is 1. The van der Waals surface area contributed by atoms with Gasteiger partial charge in [-0.25, -0.2) is 0 Å². The van der Waals surface area contributed by atoms with Crippen molar-refractivity contribution in [3.63, 3.8) is 0 Å². The summed E-state index contributed by atoms with van der Waals surface area (Å²) in [5.74, 6) is -0.0394. The molecule has 1 N–H and O–H groups in total. The minimum atomic E-state index is -0.713. The smallest absolute Gasteiger partial charge is 0.303 e. The van der Waals surface area contributed by atoms with Crippen LogP contribution >= 0.6 is 0 Å². The molecular formula is C21H34O2. The molecule has 0 aliphatic rings. The van der Waals surface area contributed by atoms with Crippen molar-refractivity contribution in [3.05, 3.63) is 48.6 Å². The van der Waals surface area contributed by atoms with Crippen LogP contribution in [0.2, 0.25) is 0 Å². The zero-order valence-electron chi connectivity index (χ0n) is 14.9. The van der Waals surface area contributed by atoms with Crippen LogP contribution in [0.4, 0.5) is 0 Å². The van der Waals surface area contributed by atoms with Crippen LogP contribution in [0.25, 0.3) is 0 Å². The Balaban J connectivity index is 3.57. The maximum absolute atomic E-state index is 10.3. The minimum Gasteiger partial charge on any atom is -0.481 e. The summed E-state index contributed by atoms with van der Waals surface area (Å²) in [6, 6.07) is 0. The summed E-state index contributed by atoms with van der Waals surface area (Å²) in [5, 5.41) is 8.51. The molecule has 1 atom stereocenters. The van der Waals surface area contributed by atoms with Crippen LogP contribution in [-0.4, -0.2) is 11.1 Å². The van der Waals surface area contributed by atoms with E-state index in [4.69, 9.17) is 5.11 Å². The molecule has 0 heterocycles. The standard InChI is InChI=1S/C21H34O2/c1-3-4-14-17-20(2)18-15-12-10-8-6-5-7-9-11-13-16-19-21(22)23/h5-6,9-12,15,18,20H,3-4,7-8,13-14,16-17,19H2,1-2H3,(H,22,23)/b6-5-,11-9-,12-10-,18-15+. The van der Waals surface area contributed by atoms with Gasteiger partial charge in [0, 0.05) is 6.42 Å². The lowest BCUT2D eigenvalue weighted by atomic mass is 10.0. The second-order valence-electron chi connectivity index (χ2n) is 5.99. The van der Waals surface area contributed by atoms with Gasteiger partial charge < -0.3 is 5.11 Å². The third-order valence-electron chi connectivity index (χ3n) is 3.59. The van der Waals surface area contributed by atoms with Gasteiger partial charge >= 0.3 is 5.97 Å². The van der Waals surface area contributed by atoms with Crippen molar-refractivity contribution in [2.75, 3.05) is 0 Å². The summed E-state index contributed by atoms with van der Waals surface area (Å²) in [5.41, 5.74) is 0. The number of carboxylic acid groups (broad SMARTS) is 1. The average molecular weight is 319 g/mol. The number of allylic oxidation sites excluding steroid dienone is 8. The average Bonchev–Trinajstić information content (AvgIpc) is 2.51. The van der Waals surface area contributed by atoms with Gasteiger partial charge in [0.2, 0.25) is 0 Å². The van der Waals surface area contributed by atoms with Crippen molar-refractivity contribution in [2.45, 2.75) is 71.6 Å². The first-order valence-corrected chi connectivity index (χ1v) is 9.02. The lowest BCUT2D eigenvalue weighted by Crippen LogP contribution is -1.92. The number of aliphatic carboxylic acids is 1. The molecule has 0 amide bonds. The number of unbranched alkanes of at least 4 members (excludes halogenated alkanes) is 3. The molecule has 2 heteroatoms. The zero-order valence-corrected chi connectivity index (χ0v) is 14.9. The number of hydrogen-bond acceptors (Lipinski definition) is 1. The second kappa shape index (κ2) is 16.8. The number of rotatable bonds is 14. The van der Waals surface area contributed by atoms with E-state index < -0.39 is 5.97 Å². The third-order valence-corrected chi connectivity index (χ3v) is 3.59. The third kappa shape index (κ3) is 18.4. The van der Waals surface area contributed by atoms with Gasteiger partial charge in [-0.3, -0.25) is 4.79 Å². The highest BCUT2D eigenvalue weighted by Gasteiger charge is 1.94. The first-order valence-electron chi connectivity index (χ1n) is 9.02. The molecular weight excluding hydrogens is 284 g/mol. The fraction of sp³-hybridized carbons (Fsp3) is 0.571. The maximum atomic E-state index is 10.3. The zero-order chi connectivity index (χ0) is 17.2. The molecule has 0 aromatic rings. The van der Waals surface area contributed by atoms with E-state index >= 15 is 0 Å². The van der Waals surface area contributed by atoms with E-state index in [0.717, 1.165) is 25.7 Å². The Morgan fingerprint density at radius 3 is 2.35 bits per heavy atom. The SMILES string of the molecule is CCCCCC(C)/C=C/C=C\C/C=C\C/C=C\CCCC(=O)O. The van der Waals surface area contributed by atoms with Crippen molar-refractivity contribution in [1.29, 1.82) is 0 Å². The Kier molecular flexibility index (Phi) is 15.6. The van der Waals surface area contributed by atoms with Crippen LogP contribution in [0.1, 0.15) is 71.6 Å². The summed E-state index contributed by atoms with van der Waals surface area (Å²) in [4.78, 5) is 10.3. The molecule has 0 fully saturated rings. The van der Waals surface area contributed by atoms with Gasteiger partial charge in [0.05, 0.1) is 0 Å². The summed E-state index contributed by atoms with van der Waals surface area (Å²) in [7, 11) is 0. The molecule has 2 nitrogen and oxygen atoms in total. The van der Waals surface area contributed by atoms with E-state index in [9.17, 15) is 4.79 Å². The monoisotopic (exact) mass is 318 g/mol. The number of hydrogen-bond donors (Lipinski definition) is 1. The Hall–Kier alpha value is -1.57. The Labute approximate surface area is 142 Å². The van der Waals surface area contributed by atoms with Crippen molar-refractivity contribution in [1.82, 2.24) is 0 Å². The number of carboxylic acids is 1. The van der Waals surface area contributed by atoms with Crippen LogP contribution in [-0.2, 0) is 4.79 Å². The predicted molar refractivity (Wildman–Crippen MR) is 101 cm³/mol. The van der Waals surface area contributed by atoms with Crippen LogP contribution in [0, 0.1) is 5.92 Å². The largest absolute Gasteiger partial charge is 0.481 e. The van der Waals surface area contributed by atoms with Crippen LogP contribution in [0.5, 0.6) is 0 Å². The van der Waals surface area contributed by atoms with Gasteiger partial charge in [-0.2, -0.15) is 0 Å². The van der Waals surface area contributed by atoms with Gasteiger partial charge in [0.25, 0.3) is 0 Å². The maximum Gasteiger partial charge on any atom is 0.303 e. The van der Waals surface area contributed by atoms with Crippen molar-refractivity contribution >= 4 is 5.97 Å². The molecule has 0 aliphatic heterocycles. The molecule has 0 spiro atoms. The van der Waals surface area contributed by atoms with Crippen molar-refractivity contribution in [2.24, 2.45) is 5.92 Å². The van der Waals surface area contributed by atoms with E-state index in [1.54, 1.807) is 0 Å². The van der Waals surface area contributed by atoms with Gasteiger partial charge in [0.15, 0.2) is 0 Å². The highest BCUT2D eigenvalue weighted by atomic mass is 16.4. The summed E-state index contributed by atoms with van der Waals surface area (Å²) in [6.45, 7) is 4.52. The lowest BCUT2D eigenvalue weighted by Gasteiger charge is -2.03. The second-order valence-corrected chi connectivity index (χ2v) is 5.99. The van der Waals surface area contributed by atoms with E-state index in [0.29, 0.717) is 5.92 Å². The summed E-state index contributed by atoms with van der Waals surface area (Å²) >= 11 is 0. The molecule has 0 bridgehead atoms. The molecule has 0 aromatic carbocycles. The summed E-state index contributed by atoms with van der Waals surface area (Å²) in [6.07, 6.45) is 26.2. The van der Waals surface area contributed by atoms with Crippen molar-refractivity contribution < 1.29 is 9.90 Å². The fourth-order valence-corrected chi connectivity index (χ4v) is 2.16. The van der Waals surface area contributed by atoms with Crippen LogP contribution in [0.15, 0.2) is 48.6 Å². The topological polar surface area (TPSA) is 37.3 Å². The van der Waals surface area contributed by atoms with Crippen LogP contribution in [0.3, 0.4) is 0 Å². The van der Waals surface area contributed by atoms with E-state index in [-0.39, 0.29) is 6.42 Å². The molecule has 0 aromatic heterocycles. The minimum absolute atomic E-state index is 0.260. The van der Waals surface area contributed by atoms with Gasteiger partial charge in [-0.1, -0.05) is 81.7 Å². The molecule has 0 aliphatic carbocycles. The first kappa shape index (κ1) is 21.4. The lowest BCUT2D eigenvalue weighted by molar-refractivity contribution is -0.137. The summed E-state index contributed by atoms with van der Waals surface area (Å²) < 4.78 is 0. The van der Waals surface area contributed by atoms with Gasteiger partial charge in [-0.05, 0) is 38.0 Å². The van der Waals surface area contributed by atoms with E-state index in [2.05, 4.69) is 62.5 Å². The highest BCUT2D eigenvalue weighted by molar-refractivity contribution is 5.66. The van der Waals surface area contributed by atoms with Crippen LogP contribution < -0.4 is 0 Å². The molecule has 0 rings (SSSR count). The van der Waals surface area contributed by atoms with Gasteiger partial charge in [0.1, 0.15) is 0 Å². The molecule has 0 saturated heterocycles. The Morgan fingerprint density at radius 1 is 0.957 bits per heavy atom. The molecule has 1 unspecified atom stereocenters. The Morgan fingerprint density at radius 2 is 1.65 bits per heavy atom. The molecule has 130 valence electrons. The predicted octanol–water partition coefficient (Wildman–Crippen LogP) is 6.46. The van der Waals surface area contributed by atoms with Gasteiger partial charge in [-0.15, -0.1) is 0 Å². The van der Waals surface area contributed by atoms with Crippen molar-refractivity contribution in [3.8, 4) is 0 Å². The fourth-order valence-electron chi connectivity index (χ4n) is 2.16. The van der Waals surface area contributed by atoms with E-state index in [1.807, 2.05) is 0 Å². The van der Waals surface area contributed by atoms with E-state index in [1.165, 1.54) is 25.7 Å². The highest BCUT2D eigenvalue weighted by Crippen LogP contribution is 2.10. The molecule has 0 saturated carbocycles. The Bertz CT molecular complexity index is 389. The molecule has 0 radical (unpaired) electrons. The first-order chi connectivity index (χ1) is 11.2.